The molecule has 0 unspecified atom stereocenters. The minimum atomic E-state index is -1.16. The standard InChI is InChI=1S/C14H16ClN3O4/c1-14(8-22-2)12(20)18(13(21)17-14)7-11(19)16-10-6-4-3-5-9(10)15/h3-6H,7-8H2,1-2H3,(H,16,19)(H,17,21)/t14-/m0/s1. The van der Waals surface area contributed by atoms with E-state index in [1.807, 2.05) is 0 Å². The molecule has 7 nitrogen and oxygen atoms in total. The van der Waals surface area contributed by atoms with Crippen molar-refractivity contribution >= 4 is 35.1 Å². The van der Waals surface area contributed by atoms with Crippen molar-refractivity contribution in [2.45, 2.75) is 12.5 Å². The molecule has 1 aliphatic heterocycles. The van der Waals surface area contributed by atoms with Crippen molar-refractivity contribution in [3.05, 3.63) is 29.3 Å². The number of methoxy groups -OCH3 is 1. The molecule has 0 aromatic heterocycles. The van der Waals surface area contributed by atoms with Crippen LogP contribution in [0.25, 0.3) is 0 Å². The first-order chi connectivity index (χ1) is 10.4. The molecule has 1 aromatic rings. The SMILES string of the molecule is COC[C@]1(C)NC(=O)N(CC(=O)Nc2ccccc2Cl)C1=O. The third-order valence-corrected chi connectivity index (χ3v) is 3.56. The van der Waals surface area contributed by atoms with Crippen LogP contribution in [-0.2, 0) is 14.3 Å². The quantitative estimate of drug-likeness (QED) is 0.797. The number of carbonyl (C=O) groups excluding carboxylic acids is 3. The highest BCUT2D eigenvalue weighted by molar-refractivity contribution is 6.33. The predicted octanol–water partition coefficient (Wildman–Crippen LogP) is 1.24. The topological polar surface area (TPSA) is 87.7 Å². The van der Waals surface area contributed by atoms with Gasteiger partial charge in [-0.1, -0.05) is 23.7 Å². The van der Waals surface area contributed by atoms with Gasteiger partial charge in [-0.2, -0.15) is 0 Å². The molecule has 0 spiro atoms. The van der Waals surface area contributed by atoms with Gasteiger partial charge in [0.1, 0.15) is 12.1 Å². The number of para-hydroxylation sites is 1. The maximum atomic E-state index is 12.2. The van der Waals surface area contributed by atoms with Crippen LogP contribution < -0.4 is 10.6 Å². The van der Waals surface area contributed by atoms with Crippen molar-refractivity contribution in [3.8, 4) is 0 Å². The summed E-state index contributed by atoms with van der Waals surface area (Å²) in [6, 6.07) is 6.07. The molecule has 0 radical (unpaired) electrons. The summed E-state index contributed by atoms with van der Waals surface area (Å²) < 4.78 is 4.93. The van der Waals surface area contributed by atoms with Crippen molar-refractivity contribution in [2.24, 2.45) is 0 Å². The zero-order chi connectivity index (χ0) is 16.3. The summed E-state index contributed by atoms with van der Waals surface area (Å²) in [5, 5.41) is 5.45. The van der Waals surface area contributed by atoms with Gasteiger partial charge in [-0.3, -0.25) is 14.5 Å². The number of imide groups is 1. The van der Waals surface area contributed by atoms with Crippen molar-refractivity contribution in [1.82, 2.24) is 10.2 Å². The molecule has 118 valence electrons. The van der Waals surface area contributed by atoms with Crippen molar-refractivity contribution in [1.29, 1.82) is 0 Å². The second-order valence-corrected chi connectivity index (χ2v) is 5.52. The molecule has 0 aliphatic carbocycles. The molecule has 0 saturated carbocycles. The average molecular weight is 326 g/mol. The first-order valence-electron chi connectivity index (χ1n) is 6.55. The number of benzene rings is 1. The Bertz CT molecular complexity index is 622. The van der Waals surface area contributed by atoms with Crippen LogP contribution >= 0.6 is 11.6 Å². The zero-order valence-corrected chi connectivity index (χ0v) is 12.9. The molecule has 1 atom stereocenters. The first-order valence-corrected chi connectivity index (χ1v) is 6.92. The largest absolute Gasteiger partial charge is 0.382 e. The number of amides is 4. The fourth-order valence-electron chi connectivity index (χ4n) is 2.17. The molecule has 1 aliphatic rings. The molecule has 1 aromatic carbocycles. The fraction of sp³-hybridized carbons (Fsp3) is 0.357. The van der Waals surface area contributed by atoms with Crippen LogP contribution in [0.15, 0.2) is 24.3 Å². The van der Waals surface area contributed by atoms with E-state index in [-0.39, 0.29) is 6.61 Å². The van der Waals surface area contributed by atoms with E-state index in [2.05, 4.69) is 10.6 Å². The molecule has 22 heavy (non-hydrogen) atoms. The molecular formula is C14H16ClN3O4. The number of rotatable bonds is 5. The third-order valence-electron chi connectivity index (χ3n) is 3.23. The summed E-state index contributed by atoms with van der Waals surface area (Å²) in [7, 11) is 1.43. The van der Waals surface area contributed by atoms with E-state index in [0.717, 1.165) is 4.90 Å². The third kappa shape index (κ3) is 3.20. The molecular weight excluding hydrogens is 310 g/mol. The van der Waals surface area contributed by atoms with Crippen LogP contribution in [0.2, 0.25) is 5.02 Å². The Balaban J connectivity index is 2.04. The van der Waals surface area contributed by atoms with Crippen LogP contribution in [-0.4, -0.2) is 48.5 Å². The number of hydrogen-bond acceptors (Lipinski definition) is 4. The minimum absolute atomic E-state index is 0.0280. The van der Waals surface area contributed by atoms with Crippen molar-refractivity contribution in [2.75, 3.05) is 25.6 Å². The van der Waals surface area contributed by atoms with E-state index in [0.29, 0.717) is 10.7 Å². The highest BCUT2D eigenvalue weighted by atomic mass is 35.5. The number of carbonyl (C=O) groups is 3. The van der Waals surface area contributed by atoms with Gasteiger partial charge in [-0.15, -0.1) is 0 Å². The van der Waals surface area contributed by atoms with Gasteiger partial charge in [0.2, 0.25) is 5.91 Å². The molecule has 2 rings (SSSR count). The predicted molar refractivity (Wildman–Crippen MR) is 80.6 cm³/mol. The zero-order valence-electron chi connectivity index (χ0n) is 12.2. The molecule has 8 heteroatoms. The lowest BCUT2D eigenvalue weighted by Crippen LogP contribution is -2.48. The smallest absolute Gasteiger partial charge is 0.325 e. The Kier molecular flexibility index (Phi) is 4.68. The second-order valence-electron chi connectivity index (χ2n) is 5.11. The molecule has 1 saturated heterocycles. The number of nitrogens with one attached hydrogen (secondary N) is 2. The number of halogens is 1. The van der Waals surface area contributed by atoms with E-state index in [1.165, 1.54) is 7.11 Å². The monoisotopic (exact) mass is 325 g/mol. The summed E-state index contributed by atoms with van der Waals surface area (Å²) in [6.07, 6.45) is 0. The lowest BCUT2D eigenvalue weighted by Gasteiger charge is -2.20. The lowest BCUT2D eigenvalue weighted by atomic mass is 10.0. The first kappa shape index (κ1) is 16.3. The maximum absolute atomic E-state index is 12.2. The van der Waals surface area contributed by atoms with Crippen LogP contribution in [0, 0.1) is 0 Å². The fourth-order valence-corrected chi connectivity index (χ4v) is 2.36. The highest BCUT2D eigenvalue weighted by Gasteiger charge is 2.48. The van der Waals surface area contributed by atoms with Crippen LogP contribution in [0.5, 0.6) is 0 Å². The molecule has 1 heterocycles. The Morgan fingerprint density at radius 3 is 2.73 bits per heavy atom. The van der Waals surface area contributed by atoms with Crippen LogP contribution in [0.3, 0.4) is 0 Å². The van der Waals surface area contributed by atoms with Gasteiger partial charge in [0.15, 0.2) is 0 Å². The minimum Gasteiger partial charge on any atom is -0.382 e. The van der Waals surface area contributed by atoms with Gasteiger partial charge < -0.3 is 15.4 Å². The number of hydrogen-bond donors (Lipinski definition) is 2. The number of nitrogens with zero attached hydrogens (tertiary/aromatic N) is 1. The Hall–Kier alpha value is -2.12. The van der Waals surface area contributed by atoms with Gasteiger partial charge >= 0.3 is 6.03 Å². The van der Waals surface area contributed by atoms with Crippen LogP contribution in [0.1, 0.15) is 6.92 Å². The number of ether oxygens (including phenoxy) is 1. The summed E-state index contributed by atoms with van der Waals surface area (Å²) in [5.74, 6) is -1.02. The summed E-state index contributed by atoms with van der Waals surface area (Å²) in [6.45, 7) is 1.18. The Labute approximate surface area is 132 Å². The molecule has 2 N–H and O–H groups in total. The van der Waals surface area contributed by atoms with Crippen LogP contribution in [0.4, 0.5) is 10.5 Å². The summed E-state index contributed by atoms with van der Waals surface area (Å²) >= 11 is 5.94. The van der Waals surface area contributed by atoms with E-state index in [9.17, 15) is 14.4 Å². The molecule has 4 amide bonds. The van der Waals surface area contributed by atoms with Crippen molar-refractivity contribution in [3.63, 3.8) is 0 Å². The van der Waals surface area contributed by atoms with E-state index in [1.54, 1.807) is 31.2 Å². The number of urea groups is 1. The number of anilines is 1. The summed E-state index contributed by atoms with van der Waals surface area (Å²) in [5.41, 5.74) is -0.739. The Morgan fingerprint density at radius 1 is 1.41 bits per heavy atom. The second kappa shape index (κ2) is 6.33. The van der Waals surface area contributed by atoms with Gasteiger partial charge in [-0.05, 0) is 19.1 Å². The summed E-state index contributed by atoms with van der Waals surface area (Å²) in [4.78, 5) is 37.0. The average Bonchev–Trinajstić information content (AvgIpc) is 2.65. The van der Waals surface area contributed by atoms with E-state index in [4.69, 9.17) is 16.3 Å². The van der Waals surface area contributed by atoms with Gasteiger partial charge in [0.05, 0.1) is 17.3 Å². The maximum Gasteiger partial charge on any atom is 0.325 e. The molecule has 1 fully saturated rings. The van der Waals surface area contributed by atoms with Gasteiger partial charge in [0.25, 0.3) is 5.91 Å². The van der Waals surface area contributed by atoms with E-state index >= 15 is 0 Å². The Morgan fingerprint density at radius 2 is 2.09 bits per heavy atom. The highest BCUT2D eigenvalue weighted by Crippen LogP contribution is 2.21. The van der Waals surface area contributed by atoms with Gasteiger partial charge in [-0.25, -0.2) is 4.79 Å². The van der Waals surface area contributed by atoms with Crippen molar-refractivity contribution < 1.29 is 19.1 Å². The lowest BCUT2D eigenvalue weighted by molar-refractivity contribution is -0.134. The normalized spacial score (nSPS) is 21.0. The van der Waals surface area contributed by atoms with Gasteiger partial charge in [0, 0.05) is 7.11 Å². The molecule has 0 bridgehead atoms. The van der Waals surface area contributed by atoms with E-state index < -0.39 is 29.9 Å².